The van der Waals surface area contributed by atoms with E-state index in [0.717, 1.165) is 107 Å². The highest BCUT2D eigenvalue weighted by Crippen LogP contribution is 2.92. The molecule has 0 aromatic heterocycles. The lowest BCUT2D eigenvalue weighted by Crippen LogP contribution is -2.81. The zero-order valence-corrected chi connectivity index (χ0v) is 24.0. The van der Waals surface area contributed by atoms with E-state index >= 15 is 4.57 Å². The van der Waals surface area contributed by atoms with Crippen LogP contribution in [0, 0.1) is 117 Å². The number of hydrogen-bond acceptors (Lipinski definition) is 1. The van der Waals surface area contributed by atoms with Gasteiger partial charge in [0.2, 0.25) is 0 Å². The van der Waals surface area contributed by atoms with Crippen LogP contribution in [0.1, 0.15) is 89.9 Å². The van der Waals surface area contributed by atoms with Crippen LogP contribution < -0.4 is 0 Å². The molecule has 20 aliphatic rings. The van der Waals surface area contributed by atoms with E-state index in [1.165, 1.54) is 38.5 Å². The van der Waals surface area contributed by atoms with Crippen LogP contribution in [0.2, 0.25) is 0 Å². The van der Waals surface area contributed by atoms with Gasteiger partial charge in [-0.2, -0.15) is 0 Å². The van der Waals surface area contributed by atoms with Crippen LogP contribution in [0.5, 0.6) is 0 Å². The van der Waals surface area contributed by atoms with Crippen molar-refractivity contribution in [2.24, 2.45) is 117 Å². The van der Waals surface area contributed by atoms with Crippen molar-refractivity contribution in [3.63, 3.8) is 0 Å². The van der Waals surface area contributed by atoms with Gasteiger partial charge in [-0.15, -0.1) is 0 Å². The third kappa shape index (κ3) is 1.61. The summed E-state index contributed by atoms with van der Waals surface area (Å²) in [5, 5.41) is 0.590. The minimum Gasteiger partial charge on any atom is -0.0735 e. The predicted octanol–water partition coefficient (Wildman–Crippen LogP) is 8.01. The second-order valence-corrected chi connectivity index (χ2v) is 22.5. The summed E-state index contributed by atoms with van der Waals surface area (Å²) in [5.74, 6) is 19.6. The van der Waals surface area contributed by atoms with Crippen molar-refractivity contribution in [3.05, 3.63) is 0 Å². The topological polar surface area (TPSA) is 17.1 Å². The zero-order chi connectivity index (χ0) is 23.9. The molecule has 0 aliphatic heterocycles. The van der Waals surface area contributed by atoms with Gasteiger partial charge >= 0.3 is 7.80 Å². The van der Waals surface area contributed by atoms with Gasteiger partial charge in [0.25, 0.3) is 0 Å². The lowest BCUT2D eigenvalue weighted by Gasteiger charge is -2.84. The summed E-state index contributed by atoms with van der Waals surface area (Å²) in [6, 6.07) is 0. The van der Waals surface area contributed by atoms with Crippen molar-refractivity contribution in [1.82, 2.24) is 0 Å². The van der Waals surface area contributed by atoms with Crippen LogP contribution in [0.3, 0.4) is 0 Å². The maximum atomic E-state index is 15.9. The third-order valence-electron chi connectivity index (χ3n) is 20.2. The lowest BCUT2D eigenvalue weighted by atomic mass is 9.21. The quantitative estimate of drug-likeness (QED) is 0.334. The van der Waals surface area contributed by atoms with Gasteiger partial charge in [-0.1, -0.05) is 4.57 Å². The normalized spacial score (nSPS) is 81.2. The molecule has 20 aliphatic carbocycles. The fourth-order valence-corrected chi connectivity index (χ4v) is 25.1. The summed E-state index contributed by atoms with van der Waals surface area (Å²) < 4.78 is 15.9. The highest BCUT2D eigenvalue weighted by Gasteiger charge is 2.88. The van der Waals surface area contributed by atoms with Crippen LogP contribution in [0.15, 0.2) is 0 Å². The molecular formula is C36H46OP+. The van der Waals surface area contributed by atoms with Gasteiger partial charge in [-0.05, 0) is 169 Å². The first-order valence-electron chi connectivity index (χ1n) is 18.0. The minimum absolute atomic E-state index is 0.295. The van der Waals surface area contributed by atoms with Gasteiger partial charge in [-0.3, -0.25) is 0 Å². The van der Waals surface area contributed by atoms with Gasteiger partial charge in [0, 0.05) is 38.5 Å². The molecule has 22 bridgehead atoms. The van der Waals surface area contributed by atoms with Crippen molar-refractivity contribution in [1.29, 1.82) is 0 Å². The summed E-state index contributed by atoms with van der Waals surface area (Å²) in [6.07, 6.45) is 21.7. The Hall–Kier alpha value is 0.100. The second-order valence-electron chi connectivity index (χ2n) is 20.0. The smallest absolute Gasteiger partial charge is 0.0735 e. The summed E-state index contributed by atoms with van der Waals surface area (Å²) in [6.45, 7) is 0. The van der Waals surface area contributed by atoms with Crippen molar-refractivity contribution in [3.8, 4) is 0 Å². The maximum Gasteiger partial charge on any atom is 0.351 e. The minimum atomic E-state index is -1.07. The molecule has 2 spiro atoms. The van der Waals surface area contributed by atoms with Gasteiger partial charge in [0.05, 0.1) is 0 Å². The summed E-state index contributed by atoms with van der Waals surface area (Å²) in [5.41, 5.74) is 1.38. The monoisotopic (exact) mass is 525 g/mol. The largest absolute Gasteiger partial charge is 0.351 e. The highest BCUT2D eigenvalue weighted by atomic mass is 31.1. The molecule has 0 aromatic rings. The Balaban J connectivity index is 0.928. The maximum absolute atomic E-state index is 15.9. The van der Waals surface area contributed by atoms with E-state index in [-0.39, 0.29) is 0 Å². The molecule has 12 unspecified atom stereocenters. The zero-order valence-electron chi connectivity index (χ0n) is 23.1. The lowest BCUT2D eigenvalue weighted by molar-refractivity contribution is -0.347. The first kappa shape index (κ1) is 20.1. The van der Waals surface area contributed by atoms with E-state index in [0.29, 0.717) is 21.1 Å². The Bertz CT molecular complexity index is 1140. The SMILES string of the molecule is O=[P+](C12CC3C4CC5C6CC7CC5C(C4C1)C(C7)(C2)C63)C12CC3C4CC5C6CC7CC5C(C4C1)C(C7)(C2)C63. The molecule has 38 heavy (non-hydrogen) atoms. The van der Waals surface area contributed by atoms with Crippen LogP contribution >= 0.6 is 7.80 Å². The van der Waals surface area contributed by atoms with E-state index in [4.69, 9.17) is 0 Å². The molecule has 0 aromatic carbocycles. The fraction of sp³-hybridized carbons (Fsp3) is 1.00. The predicted molar refractivity (Wildman–Crippen MR) is 145 cm³/mol. The van der Waals surface area contributed by atoms with Crippen molar-refractivity contribution in [2.45, 2.75) is 100 Å². The summed E-state index contributed by atoms with van der Waals surface area (Å²) in [7, 11) is -1.07. The standard InChI is InChI=1S/C36H46OP/c37-38(33-9-25-19-5-17-21-1-15-2-22(17)30(26(19)10-33)35(7-15,13-33)29(21)25)34-11-27-20-6-18-23-3-16-4-24(18)32(28(20)12-34)36(8-16,14-34)31(23)27/h15-32H,1-14H2/q+1. The molecule has 12 atom stereocenters. The Morgan fingerprint density at radius 3 is 1.11 bits per heavy atom. The van der Waals surface area contributed by atoms with Gasteiger partial charge in [0.1, 0.15) is 0 Å². The van der Waals surface area contributed by atoms with Gasteiger partial charge in [-0.25, -0.2) is 0 Å². The van der Waals surface area contributed by atoms with Crippen molar-refractivity contribution in [2.75, 3.05) is 0 Å². The molecule has 0 saturated heterocycles. The van der Waals surface area contributed by atoms with E-state index in [1.54, 1.807) is 51.4 Å². The summed E-state index contributed by atoms with van der Waals surface area (Å²) in [4.78, 5) is 0. The molecule has 0 amide bonds. The van der Waals surface area contributed by atoms with Crippen LogP contribution in [0.25, 0.3) is 0 Å². The Labute approximate surface area is 229 Å². The van der Waals surface area contributed by atoms with Crippen molar-refractivity contribution < 1.29 is 4.57 Å². The molecule has 20 saturated carbocycles. The van der Waals surface area contributed by atoms with E-state index < -0.39 is 7.80 Å². The van der Waals surface area contributed by atoms with Gasteiger partial charge < -0.3 is 0 Å². The molecular weight excluding hydrogens is 479 g/mol. The van der Waals surface area contributed by atoms with E-state index in [2.05, 4.69) is 0 Å². The molecule has 0 heterocycles. The number of rotatable bonds is 2. The van der Waals surface area contributed by atoms with Crippen LogP contribution in [-0.2, 0) is 4.57 Å². The molecule has 1 nitrogen and oxygen atoms in total. The molecule has 200 valence electrons. The average molecular weight is 526 g/mol. The number of hydrogen-bond donors (Lipinski definition) is 0. The third-order valence-corrected chi connectivity index (χ3v) is 23.0. The fourth-order valence-electron chi connectivity index (χ4n) is 21.7. The molecule has 20 fully saturated rings. The van der Waals surface area contributed by atoms with Gasteiger partial charge in [0.15, 0.2) is 10.3 Å². The van der Waals surface area contributed by atoms with Crippen LogP contribution in [-0.4, -0.2) is 10.3 Å². The van der Waals surface area contributed by atoms with Crippen molar-refractivity contribution >= 4 is 7.80 Å². The Morgan fingerprint density at radius 1 is 0.395 bits per heavy atom. The molecule has 0 radical (unpaired) electrons. The Morgan fingerprint density at radius 2 is 0.737 bits per heavy atom. The molecule has 2 heteroatoms. The van der Waals surface area contributed by atoms with Crippen LogP contribution in [0.4, 0.5) is 0 Å². The molecule has 20 rings (SSSR count). The summed E-state index contributed by atoms with van der Waals surface area (Å²) >= 11 is 0. The highest BCUT2D eigenvalue weighted by molar-refractivity contribution is 7.48. The first-order valence-corrected chi connectivity index (χ1v) is 19.3. The Kier molecular flexibility index (Phi) is 2.83. The first-order chi connectivity index (χ1) is 18.5. The second kappa shape index (κ2) is 5.35. The molecule has 0 N–H and O–H groups in total. The van der Waals surface area contributed by atoms with E-state index in [1.807, 2.05) is 0 Å². The average Bonchev–Trinajstić information content (AvgIpc) is 2.90. The van der Waals surface area contributed by atoms with E-state index in [9.17, 15) is 0 Å².